The number of hydrogen-bond acceptors (Lipinski definition) is 4. The summed E-state index contributed by atoms with van der Waals surface area (Å²) in [5.74, 6) is 5.15. The molecule has 0 radical (unpaired) electrons. The summed E-state index contributed by atoms with van der Waals surface area (Å²) < 4.78 is 0. The predicted molar refractivity (Wildman–Crippen MR) is 77.7 cm³/mol. The summed E-state index contributed by atoms with van der Waals surface area (Å²) >= 11 is 0. The van der Waals surface area contributed by atoms with Crippen LogP contribution in [0.5, 0.6) is 0 Å². The SMILES string of the molecule is CCCCC(CCC)NC(=O)c1ccc(NN)cn1. The van der Waals surface area contributed by atoms with E-state index in [2.05, 4.69) is 29.6 Å². The summed E-state index contributed by atoms with van der Waals surface area (Å²) in [5.41, 5.74) is 3.60. The summed E-state index contributed by atoms with van der Waals surface area (Å²) in [6.45, 7) is 4.29. The third-order valence-electron chi connectivity index (χ3n) is 3.04. The van der Waals surface area contributed by atoms with Crippen LogP contribution in [0.1, 0.15) is 56.4 Å². The van der Waals surface area contributed by atoms with E-state index >= 15 is 0 Å². The maximum absolute atomic E-state index is 12.1. The third kappa shape index (κ3) is 5.26. The highest BCUT2D eigenvalue weighted by Gasteiger charge is 2.13. The number of unbranched alkanes of at least 4 members (excludes halogenated alkanes) is 1. The molecule has 1 aromatic rings. The molecular formula is C14H24N4O. The van der Waals surface area contributed by atoms with Crippen molar-refractivity contribution in [2.45, 2.75) is 52.0 Å². The molecule has 5 nitrogen and oxygen atoms in total. The van der Waals surface area contributed by atoms with E-state index < -0.39 is 0 Å². The van der Waals surface area contributed by atoms with Crippen LogP contribution in [0, 0.1) is 0 Å². The first kappa shape index (κ1) is 15.4. The monoisotopic (exact) mass is 264 g/mol. The quantitative estimate of drug-likeness (QED) is 0.497. The standard InChI is InChI=1S/C14H24N4O/c1-3-5-7-11(6-4-2)17-14(19)13-9-8-12(18-15)10-16-13/h8-11,18H,3-7,15H2,1-2H3,(H,17,19). The molecular weight excluding hydrogens is 240 g/mol. The van der Waals surface area contributed by atoms with Crippen molar-refractivity contribution in [1.82, 2.24) is 10.3 Å². The highest BCUT2D eigenvalue weighted by molar-refractivity contribution is 5.92. The first-order valence-corrected chi connectivity index (χ1v) is 6.94. The largest absolute Gasteiger partial charge is 0.348 e. The smallest absolute Gasteiger partial charge is 0.270 e. The van der Waals surface area contributed by atoms with Gasteiger partial charge in [0.05, 0.1) is 11.9 Å². The molecule has 0 bridgehead atoms. The van der Waals surface area contributed by atoms with Crippen molar-refractivity contribution in [3.05, 3.63) is 24.0 Å². The zero-order valence-corrected chi connectivity index (χ0v) is 11.8. The van der Waals surface area contributed by atoms with Crippen molar-refractivity contribution in [2.75, 3.05) is 5.43 Å². The number of pyridine rings is 1. The fraction of sp³-hybridized carbons (Fsp3) is 0.571. The van der Waals surface area contributed by atoms with E-state index in [1.165, 1.54) is 0 Å². The summed E-state index contributed by atoms with van der Waals surface area (Å²) in [7, 11) is 0. The average molecular weight is 264 g/mol. The van der Waals surface area contributed by atoms with Gasteiger partial charge in [-0.15, -0.1) is 0 Å². The van der Waals surface area contributed by atoms with Crippen molar-refractivity contribution in [3.63, 3.8) is 0 Å². The number of nitrogens with two attached hydrogens (primary N) is 1. The van der Waals surface area contributed by atoms with Crippen molar-refractivity contribution in [3.8, 4) is 0 Å². The van der Waals surface area contributed by atoms with Gasteiger partial charge in [-0.1, -0.05) is 33.1 Å². The minimum Gasteiger partial charge on any atom is -0.348 e. The van der Waals surface area contributed by atoms with Crippen LogP contribution in [-0.4, -0.2) is 16.9 Å². The van der Waals surface area contributed by atoms with Gasteiger partial charge in [-0.2, -0.15) is 0 Å². The first-order chi connectivity index (χ1) is 9.21. The Hall–Kier alpha value is -1.62. The molecule has 1 amide bonds. The first-order valence-electron chi connectivity index (χ1n) is 6.94. The average Bonchev–Trinajstić information content (AvgIpc) is 2.45. The Labute approximate surface area is 115 Å². The lowest BCUT2D eigenvalue weighted by Gasteiger charge is -2.17. The molecule has 0 saturated carbocycles. The van der Waals surface area contributed by atoms with Crippen LogP contribution in [0.2, 0.25) is 0 Å². The van der Waals surface area contributed by atoms with Crippen LogP contribution in [-0.2, 0) is 0 Å². The minimum atomic E-state index is -0.113. The molecule has 5 heteroatoms. The predicted octanol–water partition coefficient (Wildman–Crippen LogP) is 2.46. The summed E-state index contributed by atoms with van der Waals surface area (Å²) in [4.78, 5) is 16.2. The Morgan fingerprint density at radius 3 is 2.63 bits per heavy atom. The molecule has 0 aliphatic carbocycles. The molecule has 0 saturated heterocycles. The molecule has 1 unspecified atom stereocenters. The molecule has 19 heavy (non-hydrogen) atoms. The number of nitrogens with zero attached hydrogens (tertiary/aromatic N) is 1. The summed E-state index contributed by atoms with van der Waals surface area (Å²) in [6.07, 6.45) is 6.93. The second-order valence-corrected chi connectivity index (χ2v) is 4.68. The van der Waals surface area contributed by atoms with Gasteiger partial charge in [0.15, 0.2) is 0 Å². The Bertz CT molecular complexity index is 378. The molecule has 106 valence electrons. The molecule has 1 aromatic heterocycles. The lowest BCUT2D eigenvalue weighted by molar-refractivity contribution is 0.0927. The van der Waals surface area contributed by atoms with Crippen LogP contribution in [0.15, 0.2) is 18.3 Å². The van der Waals surface area contributed by atoms with E-state index in [-0.39, 0.29) is 11.9 Å². The van der Waals surface area contributed by atoms with Gasteiger partial charge in [-0.05, 0) is 25.0 Å². The van der Waals surface area contributed by atoms with Crippen molar-refractivity contribution in [2.24, 2.45) is 5.84 Å². The number of nitrogens with one attached hydrogen (secondary N) is 2. The van der Waals surface area contributed by atoms with Gasteiger partial charge < -0.3 is 10.7 Å². The molecule has 0 fully saturated rings. The van der Waals surface area contributed by atoms with Crippen molar-refractivity contribution < 1.29 is 4.79 Å². The van der Waals surface area contributed by atoms with Gasteiger partial charge in [0.2, 0.25) is 0 Å². The fourth-order valence-corrected chi connectivity index (χ4v) is 1.96. The minimum absolute atomic E-state index is 0.113. The van der Waals surface area contributed by atoms with Crippen molar-refractivity contribution >= 4 is 11.6 Å². The van der Waals surface area contributed by atoms with Crippen LogP contribution in [0.25, 0.3) is 0 Å². The van der Waals surface area contributed by atoms with Gasteiger partial charge in [0.25, 0.3) is 5.91 Å². The van der Waals surface area contributed by atoms with Crippen LogP contribution in [0.3, 0.4) is 0 Å². The normalized spacial score (nSPS) is 11.9. The number of nitrogen functional groups attached to an aromatic ring is 1. The Morgan fingerprint density at radius 2 is 2.11 bits per heavy atom. The zero-order chi connectivity index (χ0) is 14.1. The Balaban J connectivity index is 2.58. The molecule has 1 heterocycles. The van der Waals surface area contributed by atoms with E-state index in [9.17, 15) is 4.79 Å². The van der Waals surface area contributed by atoms with E-state index in [0.29, 0.717) is 11.4 Å². The molecule has 4 N–H and O–H groups in total. The number of aromatic nitrogens is 1. The highest BCUT2D eigenvalue weighted by atomic mass is 16.1. The number of hydrogen-bond donors (Lipinski definition) is 3. The van der Waals surface area contributed by atoms with Crippen LogP contribution < -0.4 is 16.6 Å². The van der Waals surface area contributed by atoms with E-state index in [1.807, 2.05) is 0 Å². The maximum Gasteiger partial charge on any atom is 0.270 e. The molecule has 0 aliphatic heterocycles. The van der Waals surface area contributed by atoms with E-state index in [4.69, 9.17) is 5.84 Å². The summed E-state index contributed by atoms with van der Waals surface area (Å²) in [5, 5.41) is 3.05. The van der Waals surface area contributed by atoms with Gasteiger partial charge in [-0.3, -0.25) is 10.6 Å². The van der Waals surface area contributed by atoms with E-state index in [1.54, 1.807) is 18.3 Å². The maximum atomic E-state index is 12.1. The zero-order valence-electron chi connectivity index (χ0n) is 11.8. The second-order valence-electron chi connectivity index (χ2n) is 4.68. The Kier molecular flexibility index (Phi) is 6.89. The number of anilines is 1. The molecule has 1 rings (SSSR count). The lowest BCUT2D eigenvalue weighted by Crippen LogP contribution is -2.35. The molecule has 0 spiro atoms. The highest BCUT2D eigenvalue weighted by Crippen LogP contribution is 2.09. The number of rotatable bonds is 8. The van der Waals surface area contributed by atoms with Crippen LogP contribution in [0.4, 0.5) is 5.69 Å². The molecule has 0 aromatic carbocycles. The summed E-state index contributed by atoms with van der Waals surface area (Å²) in [6, 6.07) is 3.66. The molecule has 1 atom stereocenters. The third-order valence-corrected chi connectivity index (χ3v) is 3.04. The van der Waals surface area contributed by atoms with Crippen molar-refractivity contribution in [1.29, 1.82) is 0 Å². The number of carbonyl (C=O) groups is 1. The van der Waals surface area contributed by atoms with Crippen LogP contribution >= 0.6 is 0 Å². The van der Waals surface area contributed by atoms with Gasteiger partial charge >= 0.3 is 0 Å². The number of amides is 1. The Morgan fingerprint density at radius 1 is 1.32 bits per heavy atom. The second kappa shape index (κ2) is 8.48. The topological polar surface area (TPSA) is 80.0 Å². The van der Waals surface area contributed by atoms with Gasteiger partial charge in [-0.25, -0.2) is 4.98 Å². The number of hydrazine groups is 1. The molecule has 0 aliphatic rings. The van der Waals surface area contributed by atoms with Gasteiger partial charge in [0.1, 0.15) is 5.69 Å². The lowest BCUT2D eigenvalue weighted by atomic mass is 10.0. The van der Waals surface area contributed by atoms with E-state index in [0.717, 1.165) is 32.1 Å². The fourth-order valence-electron chi connectivity index (χ4n) is 1.96. The number of carbonyl (C=O) groups excluding carboxylic acids is 1. The van der Waals surface area contributed by atoms with Gasteiger partial charge in [0, 0.05) is 6.04 Å².